The van der Waals surface area contributed by atoms with Crippen molar-refractivity contribution >= 4 is 44.1 Å². The first kappa shape index (κ1) is 13.1. The number of benzene rings is 2. The molecule has 3 aromatic rings. The minimum absolute atomic E-state index is 0.0527. The zero-order valence-corrected chi connectivity index (χ0v) is 12.4. The Hall–Kier alpha value is -1.85. The molecular formula is C14H8BrClN2O2. The van der Waals surface area contributed by atoms with Gasteiger partial charge in [-0.25, -0.2) is 0 Å². The Bertz CT molecular complexity index is 829. The van der Waals surface area contributed by atoms with Crippen LogP contribution in [0.1, 0.15) is 0 Å². The van der Waals surface area contributed by atoms with Gasteiger partial charge in [-0.05, 0) is 40.2 Å². The first-order valence-electron chi connectivity index (χ1n) is 5.78. The maximum absolute atomic E-state index is 11.2. The standard InChI is InChI=1S/C14H8BrClN2O2/c15-10-5-6-11(16)9-7-8-17(14(9)10)12-3-1-2-4-13(12)18(19)20/h1-8H. The molecule has 0 spiro atoms. The Morgan fingerprint density at radius 1 is 1.15 bits per heavy atom. The lowest BCUT2D eigenvalue weighted by molar-refractivity contribution is -0.384. The average Bonchev–Trinajstić information content (AvgIpc) is 2.89. The van der Waals surface area contributed by atoms with Crippen LogP contribution >= 0.6 is 27.5 Å². The third-order valence-electron chi connectivity index (χ3n) is 3.08. The molecule has 0 unspecified atom stereocenters. The van der Waals surface area contributed by atoms with Crippen LogP contribution in [0.5, 0.6) is 0 Å². The van der Waals surface area contributed by atoms with E-state index in [4.69, 9.17) is 11.6 Å². The molecule has 100 valence electrons. The van der Waals surface area contributed by atoms with Crippen molar-refractivity contribution < 1.29 is 4.92 Å². The molecule has 0 aliphatic rings. The molecule has 0 atom stereocenters. The summed E-state index contributed by atoms with van der Waals surface area (Å²) in [4.78, 5) is 10.8. The van der Waals surface area contributed by atoms with E-state index < -0.39 is 0 Å². The second-order valence-electron chi connectivity index (χ2n) is 4.22. The number of halogens is 2. The molecule has 0 aliphatic carbocycles. The molecule has 3 rings (SSSR count). The zero-order chi connectivity index (χ0) is 14.3. The summed E-state index contributed by atoms with van der Waals surface area (Å²) in [5, 5.41) is 12.6. The van der Waals surface area contributed by atoms with Gasteiger partial charge in [-0.1, -0.05) is 23.7 Å². The Balaban J connectivity index is 2.37. The molecule has 0 saturated heterocycles. The van der Waals surface area contributed by atoms with Crippen molar-refractivity contribution in [3.05, 3.63) is 68.3 Å². The highest BCUT2D eigenvalue weighted by Crippen LogP contribution is 2.34. The lowest BCUT2D eigenvalue weighted by Crippen LogP contribution is -1.99. The highest BCUT2D eigenvalue weighted by molar-refractivity contribution is 9.10. The maximum Gasteiger partial charge on any atom is 0.293 e. The fraction of sp³-hybridized carbons (Fsp3) is 0. The van der Waals surface area contributed by atoms with Crippen molar-refractivity contribution in [3.8, 4) is 5.69 Å². The van der Waals surface area contributed by atoms with Gasteiger partial charge in [-0.2, -0.15) is 0 Å². The van der Waals surface area contributed by atoms with E-state index in [1.165, 1.54) is 6.07 Å². The summed E-state index contributed by atoms with van der Waals surface area (Å²) >= 11 is 9.63. The lowest BCUT2D eigenvalue weighted by atomic mass is 10.2. The molecule has 0 fully saturated rings. The predicted molar refractivity (Wildman–Crippen MR) is 82.6 cm³/mol. The molecule has 6 heteroatoms. The molecule has 20 heavy (non-hydrogen) atoms. The van der Waals surface area contributed by atoms with E-state index in [0.717, 1.165) is 15.4 Å². The molecule has 1 heterocycles. The molecule has 2 aromatic carbocycles. The molecule has 0 N–H and O–H groups in total. The number of aromatic nitrogens is 1. The summed E-state index contributed by atoms with van der Waals surface area (Å²) < 4.78 is 2.60. The maximum atomic E-state index is 11.2. The average molecular weight is 352 g/mol. The van der Waals surface area contributed by atoms with Crippen molar-refractivity contribution in [1.82, 2.24) is 4.57 Å². The molecule has 0 radical (unpaired) electrons. The molecule has 0 bridgehead atoms. The minimum atomic E-state index is -0.389. The normalized spacial score (nSPS) is 10.9. The Kier molecular flexibility index (Phi) is 3.23. The number of hydrogen-bond donors (Lipinski definition) is 0. The van der Waals surface area contributed by atoms with E-state index in [-0.39, 0.29) is 10.6 Å². The van der Waals surface area contributed by atoms with Gasteiger partial charge in [0.15, 0.2) is 0 Å². The number of hydrogen-bond acceptors (Lipinski definition) is 2. The zero-order valence-electron chi connectivity index (χ0n) is 10.1. The van der Waals surface area contributed by atoms with Crippen molar-refractivity contribution in [2.45, 2.75) is 0 Å². The quantitative estimate of drug-likeness (QED) is 0.484. The van der Waals surface area contributed by atoms with Crippen LogP contribution in [-0.2, 0) is 0 Å². The fourth-order valence-corrected chi connectivity index (χ4v) is 2.96. The molecular weight excluding hydrogens is 344 g/mol. The van der Waals surface area contributed by atoms with Gasteiger partial charge < -0.3 is 4.57 Å². The van der Waals surface area contributed by atoms with E-state index in [1.807, 2.05) is 12.1 Å². The van der Waals surface area contributed by atoms with Gasteiger partial charge >= 0.3 is 0 Å². The summed E-state index contributed by atoms with van der Waals surface area (Å²) in [6, 6.07) is 12.1. The Morgan fingerprint density at radius 2 is 1.90 bits per heavy atom. The van der Waals surface area contributed by atoms with Crippen molar-refractivity contribution in [1.29, 1.82) is 0 Å². The summed E-state index contributed by atoms with van der Waals surface area (Å²) in [5.74, 6) is 0. The summed E-state index contributed by atoms with van der Waals surface area (Å²) in [6.07, 6.45) is 1.78. The fourth-order valence-electron chi connectivity index (χ4n) is 2.21. The van der Waals surface area contributed by atoms with Crippen molar-refractivity contribution in [3.63, 3.8) is 0 Å². The van der Waals surface area contributed by atoms with Gasteiger partial charge in [-0.3, -0.25) is 10.1 Å². The number of rotatable bonds is 2. The summed E-state index contributed by atoms with van der Waals surface area (Å²) in [7, 11) is 0. The number of fused-ring (bicyclic) bond motifs is 1. The van der Waals surface area contributed by atoms with E-state index in [9.17, 15) is 10.1 Å². The van der Waals surface area contributed by atoms with Crippen LogP contribution < -0.4 is 0 Å². The number of nitro groups is 1. The van der Waals surface area contributed by atoms with Crippen LogP contribution in [-0.4, -0.2) is 9.49 Å². The topological polar surface area (TPSA) is 48.1 Å². The first-order chi connectivity index (χ1) is 9.59. The van der Waals surface area contributed by atoms with E-state index >= 15 is 0 Å². The summed E-state index contributed by atoms with van der Waals surface area (Å²) in [5.41, 5.74) is 1.37. The highest BCUT2D eigenvalue weighted by atomic mass is 79.9. The second kappa shape index (κ2) is 4.92. The molecule has 1 aromatic heterocycles. The van der Waals surface area contributed by atoms with E-state index in [1.54, 1.807) is 35.0 Å². The second-order valence-corrected chi connectivity index (χ2v) is 5.48. The van der Waals surface area contributed by atoms with Crippen LogP contribution in [0.2, 0.25) is 5.02 Å². The van der Waals surface area contributed by atoms with Crippen LogP contribution in [0.3, 0.4) is 0 Å². The van der Waals surface area contributed by atoms with Gasteiger partial charge in [-0.15, -0.1) is 0 Å². The number of para-hydroxylation sites is 2. The number of nitrogens with zero attached hydrogens (tertiary/aromatic N) is 2. The largest absolute Gasteiger partial charge is 0.309 e. The van der Waals surface area contributed by atoms with Gasteiger partial charge in [0.1, 0.15) is 5.69 Å². The highest BCUT2D eigenvalue weighted by Gasteiger charge is 2.17. The predicted octanol–water partition coefficient (Wildman–Crippen LogP) is 4.95. The van der Waals surface area contributed by atoms with Crippen LogP contribution in [0.25, 0.3) is 16.6 Å². The summed E-state index contributed by atoms with van der Waals surface area (Å²) in [6.45, 7) is 0. The Morgan fingerprint density at radius 3 is 2.65 bits per heavy atom. The Labute approximate surface area is 127 Å². The van der Waals surface area contributed by atoms with Gasteiger partial charge in [0.25, 0.3) is 5.69 Å². The molecule has 4 nitrogen and oxygen atoms in total. The van der Waals surface area contributed by atoms with Gasteiger partial charge in [0.2, 0.25) is 0 Å². The van der Waals surface area contributed by atoms with Gasteiger partial charge in [0, 0.05) is 22.1 Å². The van der Waals surface area contributed by atoms with E-state index in [0.29, 0.717) is 10.7 Å². The molecule has 0 aliphatic heterocycles. The SMILES string of the molecule is O=[N+]([O-])c1ccccc1-n1ccc2c(Cl)ccc(Br)c21. The van der Waals surface area contributed by atoms with Gasteiger partial charge in [0.05, 0.1) is 15.5 Å². The number of nitro benzene ring substituents is 1. The molecule has 0 amide bonds. The molecule has 0 saturated carbocycles. The smallest absolute Gasteiger partial charge is 0.293 e. The van der Waals surface area contributed by atoms with Crippen LogP contribution in [0.4, 0.5) is 5.69 Å². The van der Waals surface area contributed by atoms with Crippen molar-refractivity contribution in [2.24, 2.45) is 0 Å². The van der Waals surface area contributed by atoms with Crippen LogP contribution in [0, 0.1) is 10.1 Å². The van der Waals surface area contributed by atoms with E-state index in [2.05, 4.69) is 15.9 Å². The third kappa shape index (κ3) is 1.99. The van der Waals surface area contributed by atoms with Crippen LogP contribution in [0.15, 0.2) is 53.1 Å². The van der Waals surface area contributed by atoms with Crippen molar-refractivity contribution in [2.75, 3.05) is 0 Å². The lowest BCUT2D eigenvalue weighted by Gasteiger charge is -2.08. The third-order valence-corrected chi connectivity index (χ3v) is 4.05. The monoisotopic (exact) mass is 350 g/mol. The minimum Gasteiger partial charge on any atom is -0.309 e. The first-order valence-corrected chi connectivity index (χ1v) is 6.95.